The minimum atomic E-state index is -1.20. The molecule has 12 heteroatoms. The topological polar surface area (TPSA) is 192 Å². The van der Waals surface area contributed by atoms with Crippen LogP contribution in [0.25, 0.3) is 0 Å². The van der Waals surface area contributed by atoms with Crippen LogP contribution >= 0.6 is 0 Å². The fourth-order valence-corrected chi connectivity index (χ4v) is 2.71. The van der Waals surface area contributed by atoms with Crippen LogP contribution in [0, 0.1) is 5.41 Å². The fourth-order valence-electron chi connectivity index (χ4n) is 2.71. The van der Waals surface area contributed by atoms with Gasteiger partial charge in [0.1, 0.15) is 17.6 Å². The van der Waals surface area contributed by atoms with Crippen molar-refractivity contribution < 1.29 is 28.7 Å². The Labute approximate surface area is 179 Å². The van der Waals surface area contributed by atoms with Crippen molar-refractivity contribution in [2.24, 2.45) is 11.5 Å². The lowest BCUT2D eigenvalue weighted by Crippen LogP contribution is -2.44. The van der Waals surface area contributed by atoms with Gasteiger partial charge in [0.2, 0.25) is 5.91 Å². The second-order valence-corrected chi connectivity index (χ2v) is 7.02. The van der Waals surface area contributed by atoms with Crippen molar-refractivity contribution in [1.82, 2.24) is 15.8 Å². The van der Waals surface area contributed by atoms with Crippen molar-refractivity contribution >= 4 is 23.9 Å². The van der Waals surface area contributed by atoms with Crippen molar-refractivity contribution in [3.05, 3.63) is 29.6 Å². The number of nitrogens with one attached hydrogen (secondary N) is 3. The average Bonchev–Trinajstić information content (AvgIpc) is 3.20. The standard InChI is InChI=1S/C19H28N6O6/c1-2-3-6-29-19(28)30-18(27)13(20)10-24-16(26)8-12-7-15(25-31-12)11-4-5-14(17(21)22)23-9-11/h4-5,9,12-13,15,25H,2-3,6-8,10,20H2,1H3,(H3,21,22)(H,24,26)/t12-,13?,15?/m0/s1. The molecule has 7 N–H and O–H groups in total. The Morgan fingerprint density at radius 2 is 2.19 bits per heavy atom. The molecule has 1 fully saturated rings. The van der Waals surface area contributed by atoms with E-state index in [1.165, 1.54) is 0 Å². The Kier molecular flexibility index (Phi) is 9.31. The molecule has 2 unspecified atom stereocenters. The first-order chi connectivity index (χ1) is 14.8. The number of aromatic nitrogens is 1. The molecule has 0 saturated carbocycles. The molecular weight excluding hydrogens is 408 g/mol. The molecule has 0 aromatic carbocycles. The summed E-state index contributed by atoms with van der Waals surface area (Å²) in [7, 11) is 0. The molecule has 1 aromatic rings. The van der Waals surface area contributed by atoms with Crippen molar-refractivity contribution in [3.63, 3.8) is 0 Å². The van der Waals surface area contributed by atoms with Crippen LogP contribution in [0.5, 0.6) is 0 Å². The van der Waals surface area contributed by atoms with E-state index in [0.29, 0.717) is 18.5 Å². The molecule has 1 aliphatic rings. The third kappa shape index (κ3) is 7.92. The lowest BCUT2D eigenvalue weighted by Gasteiger charge is -2.13. The summed E-state index contributed by atoms with van der Waals surface area (Å²) in [5.74, 6) is -1.47. The smallest absolute Gasteiger partial charge is 0.434 e. The summed E-state index contributed by atoms with van der Waals surface area (Å²) in [5, 5.41) is 9.87. The maximum absolute atomic E-state index is 12.1. The minimum absolute atomic E-state index is 0.0449. The molecule has 1 amide bonds. The third-order valence-corrected chi connectivity index (χ3v) is 4.48. The highest BCUT2D eigenvalue weighted by Crippen LogP contribution is 2.26. The predicted octanol–water partition coefficient (Wildman–Crippen LogP) is 0.0138. The summed E-state index contributed by atoms with van der Waals surface area (Å²) < 4.78 is 9.19. The van der Waals surface area contributed by atoms with Gasteiger partial charge in [-0.05, 0) is 24.5 Å². The molecule has 2 rings (SSSR count). The number of nitrogens with two attached hydrogens (primary N) is 2. The maximum Gasteiger partial charge on any atom is 0.516 e. The Morgan fingerprint density at radius 1 is 1.42 bits per heavy atom. The summed E-state index contributed by atoms with van der Waals surface area (Å²) >= 11 is 0. The van der Waals surface area contributed by atoms with Gasteiger partial charge in [-0.15, -0.1) is 0 Å². The summed E-state index contributed by atoms with van der Waals surface area (Å²) in [6, 6.07) is 2.05. The molecule has 2 heterocycles. The number of nitrogens with zero attached hydrogens (tertiary/aromatic N) is 1. The molecule has 1 aliphatic heterocycles. The van der Waals surface area contributed by atoms with E-state index >= 15 is 0 Å². The molecule has 1 aromatic heterocycles. The predicted molar refractivity (Wildman–Crippen MR) is 109 cm³/mol. The van der Waals surface area contributed by atoms with Gasteiger partial charge in [0.25, 0.3) is 0 Å². The van der Waals surface area contributed by atoms with Crippen molar-refractivity contribution in [1.29, 1.82) is 5.41 Å². The summed E-state index contributed by atoms with van der Waals surface area (Å²) in [6.45, 7) is 1.89. The Balaban J connectivity index is 1.69. The van der Waals surface area contributed by atoms with Gasteiger partial charge in [0.15, 0.2) is 0 Å². The molecule has 1 saturated heterocycles. The van der Waals surface area contributed by atoms with Crippen molar-refractivity contribution in [2.45, 2.75) is 50.8 Å². The molecule has 0 bridgehead atoms. The van der Waals surface area contributed by atoms with Crippen LogP contribution in [0.3, 0.4) is 0 Å². The number of esters is 1. The molecule has 31 heavy (non-hydrogen) atoms. The van der Waals surface area contributed by atoms with Gasteiger partial charge < -0.3 is 26.3 Å². The number of carbonyl (C=O) groups excluding carboxylic acids is 3. The molecule has 0 aliphatic carbocycles. The Bertz CT molecular complexity index is 787. The number of hydrogen-bond acceptors (Lipinski definition) is 10. The number of carbonyl (C=O) groups is 3. The highest BCUT2D eigenvalue weighted by molar-refractivity contribution is 5.92. The third-order valence-electron chi connectivity index (χ3n) is 4.48. The zero-order valence-corrected chi connectivity index (χ0v) is 17.3. The highest BCUT2D eigenvalue weighted by atomic mass is 16.7. The van der Waals surface area contributed by atoms with E-state index in [-0.39, 0.29) is 37.4 Å². The number of rotatable bonds is 10. The molecule has 0 spiro atoms. The van der Waals surface area contributed by atoms with Gasteiger partial charge in [-0.2, -0.15) is 5.48 Å². The van der Waals surface area contributed by atoms with E-state index < -0.39 is 24.3 Å². The molecular formula is C19H28N6O6. The SMILES string of the molecule is CCCCOC(=O)OC(=O)C(N)CNC(=O)C[C@@H]1CC(c2ccc(C(=N)N)nc2)NO1. The second kappa shape index (κ2) is 11.9. The number of hydroxylamine groups is 1. The van der Waals surface area contributed by atoms with Gasteiger partial charge in [0.05, 0.1) is 25.2 Å². The van der Waals surface area contributed by atoms with Crippen molar-refractivity contribution in [2.75, 3.05) is 13.2 Å². The van der Waals surface area contributed by atoms with Crippen LogP contribution in [-0.2, 0) is 23.9 Å². The van der Waals surface area contributed by atoms with Gasteiger partial charge in [0, 0.05) is 12.7 Å². The lowest BCUT2D eigenvalue weighted by atomic mass is 10.0. The van der Waals surface area contributed by atoms with Crippen LogP contribution < -0.4 is 22.3 Å². The lowest BCUT2D eigenvalue weighted by molar-refractivity contribution is -0.141. The average molecular weight is 436 g/mol. The van der Waals surface area contributed by atoms with Gasteiger partial charge in [-0.3, -0.25) is 20.0 Å². The second-order valence-electron chi connectivity index (χ2n) is 7.02. The van der Waals surface area contributed by atoms with Gasteiger partial charge in [-0.25, -0.2) is 9.59 Å². The van der Waals surface area contributed by atoms with E-state index in [0.717, 1.165) is 12.0 Å². The zero-order chi connectivity index (χ0) is 22.8. The van der Waals surface area contributed by atoms with Gasteiger partial charge in [-0.1, -0.05) is 19.4 Å². The number of ether oxygens (including phenoxy) is 2. The largest absolute Gasteiger partial charge is 0.516 e. The van der Waals surface area contributed by atoms with E-state index in [9.17, 15) is 14.4 Å². The summed E-state index contributed by atoms with van der Waals surface area (Å²) in [5.41, 5.74) is 15.1. The molecule has 3 atom stereocenters. The summed E-state index contributed by atoms with van der Waals surface area (Å²) in [4.78, 5) is 44.7. The Morgan fingerprint density at radius 3 is 2.84 bits per heavy atom. The highest BCUT2D eigenvalue weighted by Gasteiger charge is 2.29. The van der Waals surface area contributed by atoms with Crippen LogP contribution in [0.15, 0.2) is 18.3 Å². The van der Waals surface area contributed by atoms with Crippen LogP contribution in [-0.4, -0.2) is 54.1 Å². The number of amides is 1. The first kappa shape index (κ1) is 24.2. The Hall–Kier alpha value is -3.09. The first-order valence-corrected chi connectivity index (χ1v) is 9.92. The van der Waals surface area contributed by atoms with E-state index in [4.69, 9.17) is 26.5 Å². The first-order valence-electron chi connectivity index (χ1n) is 9.92. The normalized spacial score (nSPS) is 18.8. The van der Waals surface area contributed by atoms with Crippen LogP contribution in [0.2, 0.25) is 0 Å². The minimum Gasteiger partial charge on any atom is -0.434 e. The monoisotopic (exact) mass is 436 g/mol. The number of hydrogen-bond donors (Lipinski definition) is 5. The molecule has 0 radical (unpaired) electrons. The number of nitrogen functional groups attached to an aromatic ring is 1. The number of pyridine rings is 1. The van der Waals surface area contributed by atoms with Crippen LogP contribution in [0.1, 0.15) is 49.9 Å². The maximum atomic E-state index is 12.1. The van der Waals surface area contributed by atoms with Crippen molar-refractivity contribution in [3.8, 4) is 0 Å². The van der Waals surface area contributed by atoms with E-state index in [1.54, 1.807) is 18.3 Å². The van der Waals surface area contributed by atoms with E-state index in [2.05, 4.69) is 20.5 Å². The number of unbranched alkanes of at least 4 members (excludes halogenated alkanes) is 1. The van der Waals surface area contributed by atoms with E-state index in [1.807, 2.05) is 6.92 Å². The van der Waals surface area contributed by atoms with Gasteiger partial charge >= 0.3 is 12.1 Å². The molecule has 170 valence electrons. The van der Waals surface area contributed by atoms with Crippen LogP contribution in [0.4, 0.5) is 4.79 Å². The zero-order valence-electron chi connectivity index (χ0n) is 17.3. The number of amidine groups is 1. The molecule has 12 nitrogen and oxygen atoms in total. The summed E-state index contributed by atoms with van der Waals surface area (Å²) in [6.07, 6.45) is 2.14. The fraction of sp³-hybridized carbons (Fsp3) is 0.526. The quantitative estimate of drug-likeness (QED) is 0.110.